The molecule has 1 aromatic rings. The highest BCUT2D eigenvalue weighted by atomic mass is 79.9. The fourth-order valence-electron chi connectivity index (χ4n) is 0.611. The number of aldehydes is 1. The summed E-state index contributed by atoms with van der Waals surface area (Å²) in [5.41, 5.74) is 0.189. The second-order valence-corrected chi connectivity index (χ2v) is 2.72. The van der Waals surface area contributed by atoms with E-state index in [9.17, 15) is 9.90 Å². The molecular weight excluding hydrogens is 196 g/mol. The minimum Gasteiger partial charge on any atom is -0.298 e. The zero-order chi connectivity index (χ0) is 7.56. The van der Waals surface area contributed by atoms with Gasteiger partial charge in [-0.25, -0.2) is 0 Å². The summed E-state index contributed by atoms with van der Waals surface area (Å²) < 4.78 is 0.745. The van der Waals surface area contributed by atoms with E-state index in [1.54, 1.807) is 6.07 Å². The smallest absolute Gasteiger partial charge is 0.189 e. The summed E-state index contributed by atoms with van der Waals surface area (Å²) in [6.07, 6.45) is 0.549. The molecule has 2 nitrogen and oxygen atoms in total. The molecule has 0 unspecified atom stereocenters. The fourth-order valence-corrected chi connectivity index (χ4v) is 0.990. The van der Waals surface area contributed by atoms with Crippen molar-refractivity contribution < 1.29 is 9.90 Å². The van der Waals surface area contributed by atoms with Crippen LogP contribution in [-0.2, 0) is 5.11 Å². The van der Waals surface area contributed by atoms with Crippen LogP contribution >= 0.6 is 15.9 Å². The third kappa shape index (κ3) is 1.36. The third-order valence-corrected chi connectivity index (χ3v) is 1.59. The predicted molar refractivity (Wildman–Crippen MR) is 39.7 cm³/mol. The first-order valence-corrected chi connectivity index (χ1v) is 3.45. The summed E-state index contributed by atoms with van der Waals surface area (Å²) in [4.78, 5) is 10.2. The highest BCUT2D eigenvalue weighted by Gasteiger charge is 2.00. The molecule has 0 bridgehead atoms. The largest absolute Gasteiger partial charge is 0.298 e. The van der Waals surface area contributed by atoms with Gasteiger partial charge in [0.05, 0.1) is 5.56 Å². The summed E-state index contributed by atoms with van der Waals surface area (Å²) in [5.74, 6) is -0.238. The molecule has 0 heterocycles. The summed E-state index contributed by atoms with van der Waals surface area (Å²) in [7, 11) is 0. The molecule has 1 rings (SSSR count). The summed E-state index contributed by atoms with van der Waals surface area (Å²) in [6.45, 7) is 0. The van der Waals surface area contributed by atoms with Gasteiger partial charge in [0, 0.05) is 4.47 Å². The molecule has 0 N–H and O–H groups in total. The van der Waals surface area contributed by atoms with Gasteiger partial charge < -0.3 is 0 Å². The molecule has 0 spiro atoms. The first-order chi connectivity index (χ1) is 4.74. The van der Waals surface area contributed by atoms with Gasteiger partial charge in [-0.3, -0.25) is 9.90 Å². The van der Waals surface area contributed by atoms with Crippen LogP contribution in [0.1, 0.15) is 10.4 Å². The van der Waals surface area contributed by atoms with Crippen molar-refractivity contribution in [2.45, 2.75) is 0 Å². The molecule has 0 atom stereocenters. The number of carbonyl (C=O) groups excluding carboxylic acids is 1. The van der Waals surface area contributed by atoms with E-state index in [-0.39, 0.29) is 11.3 Å². The predicted octanol–water partition coefficient (Wildman–Crippen LogP) is 2.41. The molecule has 1 aromatic carbocycles. The van der Waals surface area contributed by atoms with Gasteiger partial charge in [-0.1, -0.05) is 15.9 Å². The second kappa shape index (κ2) is 2.84. The number of halogens is 1. The van der Waals surface area contributed by atoms with Crippen molar-refractivity contribution in [2.24, 2.45) is 0 Å². The number of hydrogen-bond donors (Lipinski definition) is 0. The molecule has 0 aromatic heterocycles. The highest BCUT2D eigenvalue weighted by Crippen LogP contribution is 2.20. The SMILES string of the molecule is [O]c1ccc(Br)cc1C=O. The summed E-state index contributed by atoms with van der Waals surface area (Å²) >= 11 is 3.14. The van der Waals surface area contributed by atoms with Crippen LogP contribution in [0, 0.1) is 0 Å². The summed E-state index contributed by atoms with van der Waals surface area (Å²) in [5, 5.41) is 10.8. The molecule has 0 saturated carbocycles. The quantitative estimate of drug-likeness (QED) is 0.641. The maximum Gasteiger partial charge on any atom is 0.189 e. The lowest BCUT2D eigenvalue weighted by atomic mass is 10.2. The molecule has 3 heteroatoms. The van der Waals surface area contributed by atoms with E-state index in [1.807, 2.05) is 0 Å². The van der Waals surface area contributed by atoms with Gasteiger partial charge in [0.15, 0.2) is 12.0 Å². The molecule has 0 amide bonds. The van der Waals surface area contributed by atoms with Crippen LogP contribution in [0.25, 0.3) is 0 Å². The highest BCUT2D eigenvalue weighted by molar-refractivity contribution is 9.10. The van der Waals surface area contributed by atoms with E-state index in [1.165, 1.54) is 12.1 Å². The standard InChI is InChI=1S/C7H4BrO2/c8-6-1-2-7(10)5(3-6)4-9/h1-4H. The van der Waals surface area contributed by atoms with Crippen LogP contribution in [0.15, 0.2) is 22.7 Å². The van der Waals surface area contributed by atoms with Gasteiger partial charge in [0.2, 0.25) is 0 Å². The van der Waals surface area contributed by atoms with Crippen molar-refractivity contribution in [3.8, 4) is 5.75 Å². The lowest BCUT2D eigenvalue weighted by Crippen LogP contribution is -1.78. The summed E-state index contributed by atoms with van der Waals surface area (Å²) in [6, 6.07) is 4.46. The maximum absolute atomic E-state index is 10.8. The van der Waals surface area contributed by atoms with E-state index in [0.29, 0.717) is 6.29 Å². The molecule has 1 radical (unpaired) electrons. The maximum atomic E-state index is 10.8. The third-order valence-electron chi connectivity index (χ3n) is 1.10. The Morgan fingerprint density at radius 1 is 1.40 bits per heavy atom. The van der Waals surface area contributed by atoms with Gasteiger partial charge in [-0.2, -0.15) is 0 Å². The number of carbonyl (C=O) groups is 1. The minimum absolute atomic E-state index is 0.189. The van der Waals surface area contributed by atoms with Crippen molar-refractivity contribution in [1.82, 2.24) is 0 Å². The van der Waals surface area contributed by atoms with Gasteiger partial charge in [0.25, 0.3) is 0 Å². The zero-order valence-electron chi connectivity index (χ0n) is 5.00. The number of hydrogen-bond acceptors (Lipinski definition) is 1. The van der Waals surface area contributed by atoms with E-state index in [0.717, 1.165) is 4.47 Å². The molecule has 0 aliphatic carbocycles. The van der Waals surface area contributed by atoms with E-state index in [2.05, 4.69) is 15.9 Å². The molecular formula is C7H4BrO2. The van der Waals surface area contributed by atoms with Crippen LogP contribution in [0.4, 0.5) is 0 Å². The molecule has 10 heavy (non-hydrogen) atoms. The Labute approximate surface area is 66.6 Å². The van der Waals surface area contributed by atoms with E-state index in [4.69, 9.17) is 0 Å². The Balaban J connectivity index is 3.21. The molecule has 0 fully saturated rings. The molecule has 51 valence electrons. The van der Waals surface area contributed by atoms with E-state index < -0.39 is 0 Å². The number of benzene rings is 1. The van der Waals surface area contributed by atoms with Crippen molar-refractivity contribution in [3.05, 3.63) is 28.2 Å². The van der Waals surface area contributed by atoms with Crippen LogP contribution in [0.2, 0.25) is 0 Å². The fraction of sp³-hybridized carbons (Fsp3) is 0. The monoisotopic (exact) mass is 199 g/mol. The zero-order valence-corrected chi connectivity index (χ0v) is 6.59. The van der Waals surface area contributed by atoms with E-state index >= 15 is 0 Å². The van der Waals surface area contributed by atoms with Crippen LogP contribution in [0.3, 0.4) is 0 Å². The number of rotatable bonds is 1. The van der Waals surface area contributed by atoms with Crippen molar-refractivity contribution in [2.75, 3.05) is 0 Å². The minimum atomic E-state index is -0.238. The molecule has 0 aliphatic rings. The Kier molecular flexibility index (Phi) is 2.06. The van der Waals surface area contributed by atoms with Crippen molar-refractivity contribution >= 4 is 22.2 Å². The van der Waals surface area contributed by atoms with Crippen molar-refractivity contribution in [1.29, 1.82) is 0 Å². The van der Waals surface area contributed by atoms with Gasteiger partial charge >= 0.3 is 0 Å². The van der Waals surface area contributed by atoms with Crippen LogP contribution in [0.5, 0.6) is 5.75 Å². The normalized spacial score (nSPS) is 9.30. The van der Waals surface area contributed by atoms with Crippen LogP contribution in [-0.4, -0.2) is 6.29 Å². The lowest BCUT2D eigenvalue weighted by molar-refractivity contribution is 0.111. The van der Waals surface area contributed by atoms with Gasteiger partial charge in [-0.05, 0) is 18.2 Å². The average molecular weight is 200 g/mol. The molecule has 0 saturated heterocycles. The average Bonchev–Trinajstić information content (AvgIpc) is 1.94. The van der Waals surface area contributed by atoms with Gasteiger partial charge in [-0.15, -0.1) is 0 Å². The Morgan fingerprint density at radius 2 is 2.10 bits per heavy atom. The lowest BCUT2D eigenvalue weighted by Gasteiger charge is -1.92. The first kappa shape index (κ1) is 7.28. The first-order valence-electron chi connectivity index (χ1n) is 2.66. The Hall–Kier alpha value is -0.830. The van der Waals surface area contributed by atoms with Gasteiger partial charge in [0.1, 0.15) is 0 Å². The topological polar surface area (TPSA) is 37.0 Å². The van der Waals surface area contributed by atoms with Crippen molar-refractivity contribution in [3.63, 3.8) is 0 Å². The van der Waals surface area contributed by atoms with Crippen LogP contribution < -0.4 is 0 Å². The molecule has 0 aliphatic heterocycles. The Morgan fingerprint density at radius 3 is 2.60 bits per heavy atom. The second-order valence-electron chi connectivity index (χ2n) is 1.80. The Bertz CT molecular complexity index is 258.